The Hall–Kier alpha value is -2.17. The molecule has 7 nitrogen and oxygen atoms in total. The van der Waals surface area contributed by atoms with Gasteiger partial charge in [-0.25, -0.2) is 10.1 Å². The summed E-state index contributed by atoms with van der Waals surface area (Å²) in [7, 11) is 0. The zero-order chi connectivity index (χ0) is 20.6. The predicted octanol–water partition coefficient (Wildman–Crippen LogP) is 2.87. The second-order valence-electron chi connectivity index (χ2n) is 6.67. The van der Waals surface area contributed by atoms with Gasteiger partial charge in [-0.1, -0.05) is 37.8 Å². The van der Waals surface area contributed by atoms with E-state index in [1.807, 2.05) is 35.2 Å². The Bertz CT molecular complexity index is 636. The minimum absolute atomic E-state index is 0. The zero-order valence-electron chi connectivity index (χ0n) is 15.1. The summed E-state index contributed by atoms with van der Waals surface area (Å²) in [6, 6.07) is 9.10. The molecule has 1 amide bonds. The van der Waals surface area contributed by atoms with E-state index in [1.165, 1.54) is 0 Å². The molecule has 29 heavy (non-hydrogen) atoms. The zero-order valence-corrected chi connectivity index (χ0v) is 15.1. The SMILES string of the molecule is C.O=C(OCc1ccccc1)C1NC(=O)[C@@H]1C[C@@H]1CCCNC1.OOC(F)(F)F. The average Bonchev–Trinajstić information content (AvgIpc) is 2.70. The van der Waals surface area contributed by atoms with Gasteiger partial charge in [0.05, 0.1) is 5.92 Å². The molecular weight excluding hydrogens is 393 g/mol. The Balaban J connectivity index is 0.000000529. The van der Waals surface area contributed by atoms with Crippen molar-refractivity contribution in [3.63, 3.8) is 0 Å². The monoisotopic (exact) mass is 420 g/mol. The van der Waals surface area contributed by atoms with Crippen molar-refractivity contribution in [1.82, 2.24) is 10.6 Å². The van der Waals surface area contributed by atoms with Gasteiger partial charge in [0, 0.05) is 0 Å². The third-order valence-electron chi connectivity index (χ3n) is 4.60. The van der Waals surface area contributed by atoms with Crippen molar-refractivity contribution in [2.75, 3.05) is 13.1 Å². The fourth-order valence-electron chi connectivity index (χ4n) is 3.19. The van der Waals surface area contributed by atoms with E-state index in [4.69, 9.17) is 9.99 Å². The number of halogens is 3. The number of benzene rings is 1. The summed E-state index contributed by atoms with van der Waals surface area (Å²) in [4.78, 5) is 25.8. The Morgan fingerprint density at radius 1 is 1.24 bits per heavy atom. The first-order valence-corrected chi connectivity index (χ1v) is 8.91. The predicted molar refractivity (Wildman–Crippen MR) is 98.4 cm³/mol. The van der Waals surface area contributed by atoms with Crippen LogP contribution in [0.2, 0.25) is 0 Å². The molecule has 2 fully saturated rings. The summed E-state index contributed by atoms with van der Waals surface area (Å²) >= 11 is 0. The lowest BCUT2D eigenvalue weighted by Crippen LogP contribution is -2.63. The third kappa shape index (κ3) is 8.38. The van der Waals surface area contributed by atoms with Gasteiger partial charge in [0.25, 0.3) is 0 Å². The van der Waals surface area contributed by atoms with Gasteiger partial charge in [-0.2, -0.15) is 0 Å². The number of hydrogen-bond donors (Lipinski definition) is 3. The molecule has 3 rings (SSSR count). The molecule has 0 spiro atoms. The van der Waals surface area contributed by atoms with Crippen LogP contribution in [0.25, 0.3) is 0 Å². The molecule has 0 aliphatic carbocycles. The first kappa shape index (κ1) is 24.9. The van der Waals surface area contributed by atoms with Crippen molar-refractivity contribution >= 4 is 11.9 Å². The van der Waals surface area contributed by atoms with Gasteiger partial charge < -0.3 is 15.4 Å². The molecule has 2 heterocycles. The van der Waals surface area contributed by atoms with Crippen LogP contribution in [0.4, 0.5) is 13.2 Å². The van der Waals surface area contributed by atoms with Crippen LogP contribution in [-0.4, -0.2) is 42.6 Å². The van der Waals surface area contributed by atoms with Crippen molar-refractivity contribution < 1.29 is 37.6 Å². The number of esters is 1. The summed E-state index contributed by atoms with van der Waals surface area (Å²) < 4.78 is 36.3. The Morgan fingerprint density at radius 3 is 2.41 bits per heavy atom. The highest BCUT2D eigenvalue weighted by atomic mass is 19.4. The number of rotatable bonds is 5. The summed E-state index contributed by atoms with van der Waals surface area (Å²) in [6.07, 6.45) is -1.87. The quantitative estimate of drug-likeness (QED) is 0.293. The summed E-state index contributed by atoms with van der Waals surface area (Å²) in [5.74, 6) is -0.0909. The van der Waals surface area contributed by atoms with Gasteiger partial charge in [0.2, 0.25) is 5.91 Å². The molecule has 0 bridgehead atoms. The van der Waals surface area contributed by atoms with E-state index in [-0.39, 0.29) is 31.8 Å². The molecule has 1 unspecified atom stereocenters. The topological polar surface area (TPSA) is 96.9 Å². The second kappa shape index (κ2) is 11.7. The van der Waals surface area contributed by atoms with Crippen LogP contribution >= 0.6 is 0 Å². The number of nitrogens with one attached hydrogen (secondary N) is 2. The van der Waals surface area contributed by atoms with E-state index in [9.17, 15) is 22.8 Å². The van der Waals surface area contributed by atoms with Crippen molar-refractivity contribution in [1.29, 1.82) is 0 Å². The number of carbonyl (C=O) groups is 2. The number of amides is 1. The molecular formula is C19H27F3N2O5. The van der Waals surface area contributed by atoms with Crippen LogP contribution in [0.1, 0.15) is 32.3 Å². The van der Waals surface area contributed by atoms with Crippen LogP contribution < -0.4 is 10.6 Å². The maximum Gasteiger partial charge on any atom is 0.549 e. The van der Waals surface area contributed by atoms with Crippen LogP contribution in [0.5, 0.6) is 0 Å². The van der Waals surface area contributed by atoms with Crippen LogP contribution in [0.3, 0.4) is 0 Å². The molecule has 2 saturated heterocycles. The lowest BCUT2D eigenvalue weighted by Gasteiger charge is -2.37. The lowest BCUT2D eigenvalue weighted by molar-refractivity contribution is -0.464. The minimum atomic E-state index is -4.90. The number of alkyl halides is 3. The second-order valence-corrected chi connectivity index (χ2v) is 6.67. The van der Waals surface area contributed by atoms with E-state index < -0.39 is 12.4 Å². The van der Waals surface area contributed by atoms with Crippen LogP contribution in [-0.2, 0) is 25.8 Å². The number of β-lactam (4-membered cyclic amide) rings is 1. The van der Waals surface area contributed by atoms with Gasteiger partial charge in [0.1, 0.15) is 12.6 Å². The molecule has 0 saturated carbocycles. The molecule has 3 N–H and O–H groups in total. The molecule has 3 atom stereocenters. The van der Waals surface area contributed by atoms with Gasteiger partial charge in [-0.3, -0.25) is 4.79 Å². The molecule has 10 heteroatoms. The third-order valence-corrected chi connectivity index (χ3v) is 4.60. The molecule has 164 valence electrons. The molecule has 1 aromatic carbocycles. The molecule has 0 aromatic heterocycles. The van der Waals surface area contributed by atoms with Crippen molar-refractivity contribution in [2.45, 2.75) is 45.7 Å². The number of piperidine rings is 1. The van der Waals surface area contributed by atoms with E-state index in [1.54, 1.807) is 0 Å². The minimum Gasteiger partial charge on any atom is -0.459 e. The average molecular weight is 420 g/mol. The van der Waals surface area contributed by atoms with Gasteiger partial charge in [-0.05, 0) is 43.8 Å². The Labute approximate surface area is 167 Å². The van der Waals surface area contributed by atoms with Crippen LogP contribution in [0.15, 0.2) is 30.3 Å². The van der Waals surface area contributed by atoms with Gasteiger partial charge in [0.15, 0.2) is 0 Å². The van der Waals surface area contributed by atoms with Crippen molar-refractivity contribution in [3.05, 3.63) is 35.9 Å². The molecule has 2 aliphatic rings. The highest BCUT2D eigenvalue weighted by Gasteiger charge is 2.45. The standard InChI is InChI=1S/C17H22N2O3.CHF3O2.CH4/c20-16-14(9-13-7-4-8-18-10-13)15(19-16)17(21)22-11-12-5-2-1-3-6-12;2-1(3,4)6-5;/h1-3,5-6,13-15,18H,4,7-11H2,(H,19,20);5H;1H4/t13-,14+,15?;;/m0../s1. The summed E-state index contributed by atoms with van der Waals surface area (Å²) in [5.41, 5.74) is 0.953. The largest absolute Gasteiger partial charge is 0.549 e. The molecule has 1 aromatic rings. The van der Waals surface area contributed by atoms with Gasteiger partial charge in [-0.15, -0.1) is 18.1 Å². The molecule has 0 radical (unpaired) electrons. The first-order chi connectivity index (χ1) is 13.3. The first-order valence-electron chi connectivity index (χ1n) is 8.91. The van der Waals surface area contributed by atoms with E-state index in [0.29, 0.717) is 5.92 Å². The maximum absolute atomic E-state index is 12.1. The lowest BCUT2D eigenvalue weighted by atomic mass is 9.80. The van der Waals surface area contributed by atoms with Crippen LogP contribution in [0, 0.1) is 11.8 Å². The van der Waals surface area contributed by atoms with E-state index in [0.717, 1.165) is 37.9 Å². The summed E-state index contributed by atoms with van der Waals surface area (Å²) in [5, 5.41) is 12.8. The highest BCUT2D eigenvalue weighted by Crippen LogP contribution is 2.27. The molecule has 2 aliphatic heterocycles. The highest BCUT2D eigenvalue weighted by molar-refractivity contribution is 5.97. The Morgan fingerprint density at radius 2 is 1.90 bits per heavy atom. The fraction of sp³-hybridized carbons (Fsp3) is 0.579. The van der Waals surface area contributed by atoms with Gasteiger partial charge >= 0.3 is 12.3 Å². The summed E-state index contributed by atoms with van der Waals surface area (Å²) in [6.45, 7) is 2.25. The smallest absolute Gasteiger partial charge is 0.459 e. The fourth-order valence-corrected chi connectivity index (χ4v) is 3.19. The van der Waals surface area contributed by atoms with Crippen molar-refractivity contribution in [3.8, 4) is 0 Å². The number of ether oxygens (including phenoxy) is 1. The number of hydrogen-bond acceptors (Lipinski definition) is 6. The van der Waals surface area contributed by atoms with Crippen molar-refractivity contribution in [2.24, 2.45) is 11.8 Å². The van der Waals surface area contributed by atoms with E-state index in [2.05, 4.69) is 10.6 Å². The number of carbonyl (C=O) groups excluding carboxylic acids is 2. The van der Waals surface area contributed by atoms with E-state index >= 15 is 0 Å². The Kier molecular flexibility index (Phi) is 10.1. The normalized spacial score (nSPS) is 23.4. The maximum atomic E-state index is 12.1.